The van der Waals surface area contributed by atoms with Crippen LogP contribution in [0.25, 0.3) is 12.2 Å². The fourth-order valence-electron chi connectivity index (χ4n) is 1.87. The summed E-state index contributed by atoms with van der Waals surface area (Å²) >= 11 is 0. The minimum atomic E-state index is 0.214. The number of nitriles is 1. The highest BCUT2D eigenvalue weighted by molar-refractivity contribution is 5.70. The lowest BCUT2D eigenvalue weighted by Crippen LogP contribution is -2.13. The van der Waals surface area contributed by atoms with Crippen molar-refractivity contribution in [1.29, 1.82) is 5.26 Å². The van der Waals surface area contributed by atoms with Gasteiger partial charge >= 0.3 is 0 Å². The third kappa shape index (κ3) is 3.67. The van der Waals surface area contributed by atoms with E-state index in [0.29, 0.717) is 11.8 Å². The van der Waals surface area contributed by atoms with Gasteiger partial charge in [-0.05, 0) is 25.5 Å². The van der Waals surface area contributed by atoms with E-state index in [0.717, 1.165) is 17.7 Å². The van der Waals surface area contributed by atoms with Gasteiger partial charge in [-0.1, -0.05) is 25.1 Å². The molecule has 1 atom stereocenters. The van der Waals surface area contributed by atoms with Gasteiger partial charge in [-0.3, -0.25) is 0 Å². The van der Waals surface area contributed by atoms with E-state index in [-0.39, 0.29) is 11.7 Å². The van der Waals surface area contributed by atoms with E-state index in [4.69, 9.17) is 14.4 Å². The summed E-state index contributed by atoms with van der Waals surface area (Å²) < 4.78 is 10.9. The molecule has 1 heterocycles. The molecule has 0 bridgehead atoms. The van der Waals surface area contributed by atoms with Crippen molar-refractivity contribution in [2.24, 2.45) is 0 Å². The normalized spacial score (nSPS) is 12.1. The zero-order chi connectivity index (χ0) is 15.9. The summed E-state index contributed by atoms with van der Waals surface area (Å²) in [6.45, 7) is 4.08. The number of aromatic nitrogens is 1. The number of rotatable bonds is 6. The summed E-state index contributed by atoms with van der Waals surface area (Å²) in [5.74, 6) is 1.56. The Morgan fingerprint density at radius 2 is 2.18 bits per heavy atom. The molecule has 1 N–H and O–H groups in total. The molecule has 22 heavy (non-hydrogen) atoms. The Hall–Kier alpha value is -2.74. The molecule has 0 aliphatic rings. The highest BCUT2D eigenvalue weighted by Crippen LogP contribution is 2.22. The third-order valence-electron chi connectivity index (χ3n) is 3.28. The van der Waals surface area contributed by atoms with Gasteiger partial charge in [0.25, 0.3) is 0 Å². The maximum absolute atomic E-state index is 9.13. The number of nitrogens with one attached hydrogen (secondary N) is 1. The number of methoxy groups -OCH3 is 1. The largest absolute Gasteiger partial charge is 0.496 e. The highest BCUT2D eigenvalue weighted by Gasteiger charge is 2.13. The van der Waals surface area contributed by atoms with E-state index < -0.39 is 0 Å². The zero-order valence-corrected chi connectivity index (χ0v) is 13.0. The topological polar surface area (TPSA) is 71.1 Å². The molecule has 5 nitrogen and oxygen atoms in total. The average molecular weight is 297 g/mol. The Morgan fingerprint density at radius 1 is 1.41 bits per heavy atom. The number of hydrogen-bond acceptors (Lipinski definition) is 5. The lowest BCUT2D eigenvalue weighted by molar-refractivity contribution is 0.414. The molecule has 0 aliphatic carbocycles. The van der Waals surface area contributed by atoms with Gasteiger partial charge in [0, 0.05) is 17.7 Å². The van der Waals surface area contributed by atoms with E-state index in [2.05, 4.69) is 17.2 Å². The molecule has 2 aromatic rings. The van der Waals surface area contributed by atoms with Gasteiger partial charge in [0.05, 0.1) is 7.11 Å². The van der Waals surface area contributed by atoms with Crippen LogP contribution >= 0.6 is 0 Å². The Kier molecular flexibility index (Phi) is 5.21. The first-order valence-corrected chi connectivity index (χ1v) is 7.16. The van der Waals surface area contributed by atoms with Gasteiger partial charge in [0.1, 0.15) is 11.8 Å². The lowest BCUT2D eigenvalue weighted by atomic mass is 10.2. The molecule has 0 saturated carbocycles. The lowest BCUT2D eigenvalue weighted by Gasteiger charge is -2.08. The second-order valence-electron chi connectivity index (χ2n) is 4.87. The smallest absolute Gasteiger partial charge is 0.232 e. The third-order valence-corrected chi connectivity index (χ3v) is 3.28. The van der Waals surface area contributed by atoms with E-state index in [1.165, 1.54) is 0 Å². The summed E-state index contributed by atoms with van der Waals surface area (Å²) in [5.41, 5.74) is 1.18. The van der Waals surface area contributed by atoms with Gasteiger partial charge in [0.2, 0.25) is 17.5 Å². The maximum atomic E-state index is 9.13. The predicted octanol–water partition coefficient (Wildman–Crippen LogP) is 3.94. The molecule has 1 unspecified atom stereocenters. The van der Waals surface area contributed by atoms with Gasteiger partial charge < -0.3 is 14.5 Å². The fraction of sp³-hybridized carbons (Fsp3) is 0.294. The van der Waals surface area contributed by atoms with Crippen molar-refractivity contribution in [3.63, 3.8) is 0 Å². The first kappa shape index (κ1) is 15.6. The summed E-state index contributed by atoms with van der Waals surface area (Å²) in [4.78, 5) is 4.17. The molecule has 0 amide bonds. The number of para-hydroxylation sites is 1. The SMILES string of the molecule is CCC(C)Nc1oc(C=Cc2ccccc2OC)nc1C#N. The molecule has 0 spiro atoms. The monoisotopic (exact) mass is 297 g/mol. The molecule has 0 fully saturated rings. The molecule has 0 aliphatic heterocycles. The summed E-state index contributed by atoms with van der Waals surface area (Å²) in [6.07, 6.45) is 4.50. The molecule has 0 saturated heterocycles. The first-order chi connectivity index (χ1) is 10.7. The summed E-state index contributed by atoms with van der Waals surface area (Å²) in [7, 11) is 1.62. The van der Waals surface area contributed by atoms with Crippen LogP contribution in [0.2, 0.25) is 0 Å². The van der Waals surface area contributed by atoms with Crippen LogP contribution in [0.4, 0.5) is 5.88 Å². The van der Waals surface area contributed by atoms with Crippen molar-refractivity contribution in [2.75, 3.05) is 12.4 Å². The Morgan fingerprint density at radius 3 is 2.86 bits per heavy atom. The number of benzene rings is 1. The number of hydrogen-bond donors (Lipinski definition) is 1. The van der Waals surface area contributed by atoms with Crippen molar-refractivity contribution >= 4 is 18.0 Å². The van der Waals surface area contributed by atoms with Gasteiger partial charge in [-0.15, -0.1) is 0 Å². The van der Waals surface area contributed by atoms with Crippen LogP contribution in [0.3, 0.4) is 0 Å². The van der Waals surface area contributed by atoms with Crippen molar-refractivity contribution < 1.29 is 9.15 Å². The molecule has 114 valence electrons. The molecular weight excluding hydrogens is 278 g/mol. The molecule has 5 heteroatoms. The van der Waals surface area contributed by atoms with Gasteiger partial charge in [-0.2, -0.15) is 10.2 Å². The number of oxazole rings is 1. The Labute approximate surface area is 130 Å². The average Bonchev–Trinajstić information content (AvgIpc) is 2.94. The van der Waals surface area contributed by atoms with Crippen LogP contribution in [0.15, 0.2) is 28.7 Å². The first-order valence-electron chi connectivity index (χ1n) is 7.16. The number of nitrogens with zero attached hydrogens (tertiary/aromatic N) is 2. The molecule has 1 aromatic heterocycles. The predicted molar refractivity (Wildman–Crippen MR) is 86.5 cm³/mol. The minimum absolute atomic E-state index is 0.214. The van der Waals surface area contributed by atoms with Crippen molar-refractivity contribution in [3.8, 4) is 11.8 Å². The van der Waals surface area contributed by atoms with Crippen LogP contribution in [-0.2, 0) is 0 Å². The molecule has 1 aromatic carbocycles. The van der Waals surface area contributed by atoms with E-state index >= 15 is 0 Å². The highest BCUT2D eigenvalue weighted by atomic mass is 16.5. The summed E-state index contributed by atoms with van der Waals surface area (Å²) in [6, 6.07) is 9.90. The molecule has 2 rings (SSSR count). The standard InChI is InChI=1S/C17H19N3O2/c1-4-12(2)19-17-14(11-18)20-16(22-17)10-9-13-7-5-6-8-15(13)21-3/h5-10,12,19H,4H2,1-3H3. The zero-order valence-electron chi connectivity index (χ0n) is 13.0. The molecular formula is C17H19N3O2. The van der Waals surface area contributed by atoms with E-state index in [9.17, 15) is 0 Å². The summed E-state index contributed by atoms with van der Waals surface area (Å²) in [5, 5.41) is 12.3. The van der Waals surface area contributed by atoms with Crippen molar-refractivity contribution in [3.05, 3.63) is 41.4 Å². The Bertz CT molecular complexity index is 698. The fourth-order valence-corrected chi connectivity index (χ4v) is 1.87. The van der Waals surface area contributed by atoms with Gasteiger partial charge in [0.15, 0.2) is 0 Å². The second kappa shape index (κ2) is 7.32. The minimum Gasteiger partial charge on any atom is -0.496 e. The van der Waals surface area contributed by atoms with Crippen LogP contribution in [-0.4, -0.2) is 18.1 Å². The maximum Gasteiger partial charge on any atom is 0.232 e. The van der Waals surface area contributed by atoms with Crippen LogP contribution in [0.1, 0.15) is 37.4 Å². The van der Waals surface area contributed by atoms with Gasteiger partial charge in [-0.25, -0.2) is 0 Å². The Balaban J connectivity index is 2.23. The number of anilines is 1. The van der Waals surface area contributed by atoms with Crippen molar-refractivity contribution in [1.82, 2.24) is 4.98 Å². The second-order valence-corrected chi connectivity index (χ2v) is 4.87. The van der Waals surface area contributed by atoms with Crippen LogP contribution in [0.5, 0.6) is 5.75 Å². The van der Waals surface area contributed by atoms with Crippen LogP contribution < -0.4 is 10.1 Å². The molecule has 0 radical (unpaired) electrons. The quantitative estimate of drug-likeness (QED) is 0.874. The number of ether oxygens (including phenoxy) is 1. The van der Waals surface area contributed by atoms with E-state index in [1.807, 2.05) is 43.3 Å². The van der Waals surface area contributed by atoms with E-state index in [1.54, 1.807) is 13.2 Å². The van der Waals surface area contributed by atoms with Crippen LogP contribution in [0, 0.1) is 11.3 Å². The van der Waals surface area contributed by atoms with Crippen molar-refractivity contribution in [2.45, 2.75) is 26.3 Å².